The Morgan fingerprint density at radius 3 is 2.14 bits per heavy atom. The van der Waals surface area contributed by atoms with Crippen molar-refractivity contribution in [2.75, 3.05) is 6.54 Å². The summed E-state index contributed by atoms with van der Waals surface area (Å²) in [6.07, 6.45) is 8.74. The van der Waals surface area contributed by atoms with E-state index in [0.717, 1.165) is 5.92 Å². The summed E-state index contributed by atoms with van der Waals surface area (Å²) in [7, 11) is 0. The maximum atomic E-state index is 3.68. The molecule has 2 rings (SSSR count). The first kappa shape index (κ1) is 10.5. The molecule has 0 spiro atoms. The topological polar surface area (TPSA) is 12.0 Å². The van der Waals surface area contributed by atoms with Crippen LogP contribution in [0.3, 0.4) is 0 Å². The van der Waals surface area contributed by atoms with Gasteiger partial charge in [-0.05, 0) is 51.0 Å². The second kappa shape index (κ2) is 3.52. The van der Waals surface area contributed by atoms with E-state index in [2.05, 4.69) is 26.1 Å². The van der Waals surface area contributed by atoms with Crippen LogP contribution in [-0.2, 0) is 0 Å². The minimum atomic E-state index is 0.356. The molecule has 1 aliphatic carbocycles. The van der Waals surface area contributed by atoms with Crippen molar-refractivity contribution in [3.63, 3.8) is 0 Å². The Morgan fingerprint density at radius 1 is 1.00 bits per heavy atom. The van der Waals surface area contributed by atoms with E-state index in [1.807, 2.05) is 0 Å². The van der Waals surface area contributed by atoms with Crippen molar-refractivity contribution in [2.45, 2.75) is 64.8 Å². The first-order valence-corrected chi connectivity index (χ1v) is 6.31. The second-order valence-electron chi connectivity index (χ2n) is 6.05. The summed E-state index contributed by atoms with van der Waals surface area (Å²) in [5.74, 6) is 0.973. The molecule has 1 aliphatic heterocycles. The van der Waals surface area contributed by atoms with E-state index in [1.165, 1.54) is 45.1 Å². The SMILES string of the molecule is CC1(C)NCCC1(C)C1CCCCC1. The van der Waals surface area contributed by atoms with Crippen molar-refractivity contribution in [3.8, 4) is 0 Å². The highest BCUT2D eigenvalue weighted by Crippen LogP contribution is 2.50. The van der Waals surface area contributed by atoms with Crippen molar-refractivity contribution in [1.82, 2.24) is 5.32 Å². The van der Waals surface area contributed by atoms with Crippen molar-refractivity contribution < 1.29 is 0 Å². The molecule has 1 saturated carbocycles. The van der Waals surface area contributed by atoms with Crippen molar-refractivity contribution in [1.29, 1.82) is 0 Å². The van der Waals surface area contributed by atoms with Crippen molar-refractivity contribution in [2.24, 2.45) is 11.3 Å². The maximum Gasteiger partial charge on any atom is 0.0181 e. The average Bonchev–Trinajstić information content (AvgIpc) is 2.44. The van der Waals surface area contributed by atoms with Crippen LogP contribution < -0.4 is 5.32 Å². The van der Waals surface area contributed by atoms with Crippen molar-refractivity contribution in [3.05, 3.63) is 0 Å². The fraction of sp³-hybridized carbons (Fsp3) is 1.00. The molecule has 1 atom stereocenters. The largest absolute Gasteiger partial charge is 0.311 e. The van der Waals surface area contributed by atoms with Crippen LogP contribution in [0.5, 0.6) is 0 Å². The Balaban J connectivity index is 2.13. The highest BCUT2D eigenvalue weighted by molar-refractivity contribution is 5.05. The van der Waals surface area contributed by atoms with Gasteiger partial charge >= 0.3 is 0 Å². The lowest BCUT2D eigenvalue weighted by atomic mass is 9.61. The fourth-order valence-corrected chi connectivity index (χ4v) is 3.60. The molecule has 14 heavy (non-hydrogen) atoms. The Morgan fingerprint density at radius 2 is 1.64 bits per heavy atom. The van der Waals surface area contributed by atoms with Gasteiger partial charge in [-0.1, -0.05) is 26.2 Å². The zero-order chi connectivity index (χ0) is 10.2. The first-order valence-electron chi connectivity index (χ1n) is 6.31. The molecule has 1 heteroatoms. The molecule has 0 bridgehead atoms. The Labute approximate surface area is 88.7 Å². The van der Waals surface area contributed by atoms with Crippen LogP contribution in [0.25, 0.3) is 0 Å². The average molecular weight is 195 g/mol. The quantitative estimate of drug-likeness (QED) is 0.676. The molecule has 2 aliphatic rings. The Kier molecular flexibility index (Phi) is 2.63. The Hall–Kier alpha value is -0.0400. The van der Waals surface area contributed by atoms with Crippen LogP contribution in [-0.4, -0.2) is 12.1 Å². The maximum absolute atomic E-state index is 3.68. The van der Waals surface area contributed by atoms with E-state index in [1.54, 1.807) is 0 Å². The van der Waals surface area contributed by atoms with Crippen LogP contribution in [0.15, 0.2) is 0 Å². The number of hydrogen-bond donors (Lipinski definition) is 1. The van der Waals surface area contributed by atoms with Gasteiger partial charge in [0.15, 0.2) is 0 Å². The predicted molar refractivity (Wildman–Crippen MR) is 61.4 cm³/mol. The zero-order valence-electron chi connectivity index (χ0n) is 10.0. The predicted octanol–water partition coefficient (Wildman–Crippen LogP) is 3.34. The van der Waals surface area contributed by atoms with Gasteiger partial charge in [0, 0.05) is 5.54 Å². The molecule has 0 radical (unpaired) electrons. The third kappa shape index (κ3) is 1.50. The summed E-state index contributed by atoms with van der Waals surface area (Å²) in [5.41, 5.74) is 0.905. The fourth-order valence-electron chi connectivity index (χ4n) is 3.60. The summed E-state index contributed by atoms with van der Waals surface area (Å²) in [6.45, 7) is 8.53. The molecule has 1 heterocycles. The molecule has 1 saturated heterocycles. The third-order valence-electron chi connectivity index (χ3n) is 5.15. The molecule has 82 valence electrons. The molecule has 0 amide bonds. The highest BCUT2D eigenvalue weighted by atomic mass is 15.0. The smallest absolute Gasteiger partial charge is 0.0181 e. The van der Waals surface area contributed by atoms with Gasteiger partial charge in [0.2, 0.25) is 0 Å². The second-order valence-corrected chi connectivity index (χ2v) is 6.05. The van der Waals surface area contributed by atoms with Gasteiger partial charge in [0.1, 0.15) is 0 Å². The summed E-state index contributed by atoms with van der Waals surface area (Å²) < 4.78 is 0. The lowest BCUT2D eigenvalue weighted by Gasteiger charge is -2.46. The molecule has 1 nitrogen and oxygen atoms in total. The van der Waals surface area contributed by atoms with E-state index < -0.39 is 0 Å². The van der Waals surface area contributed by atoms with Crippen LogP contribution in [0.2, 0.25) is 0 Å². The first-order chi connectivity index (χ1) is 6.56. The molecule has 0 aromatic carbocycles. The van der Waals surface area contributed by atoms with Gasteiger partial charge in [-0.25, -0.2) is 0 Å². The Bertz CT molecular complexity index is 203. The van der Waals surface area contributed by atoms with Crippen LogP contribution in [0, 0.1) is 11.3 Å². The van der Waals surface area contributed by atoms with Crippen LogP contribution >= 0.6 is 0 Å². The highest BCUT2D eigenvalue weighted by Gasteiger charge is 2.49. The normalized spacial score (nSPS) is 38.8. The van der Waals surface area contributed by atoms with E-state index in [0.29, 0.717) is 11.0 Å². The van der Waals surface area contributed by atoms with Gasteiger partial charge in [-0.3, -0.25) is 0 Å². The lowest BCUT2D eigenvalue weighted by molar-refractivity contribution is 0.0747. The van der Waals surface area contributed by atoms with Gasteiger partial charge in [-0.15, -0.1) is 0 Å². The summed E-state index contributed by atoms with van der Waals surface area (Å²) in [6, 6.07) is 0. The van der Waals surface area contributed by atoms with E-state index >= 15 is 0 Å². The summed E-state index contributed by atoms with van der Waals surface area (Å²) in [5, 5.41) is 3.68. The summed E-state index contributed by atoms with van der Waals surface area (Å²) >= 11 is 0. The standard InChI is InChI=1S/C13H25N/c1-12(2)13(3,9-10-14-12)11-7-5-4-6-8-11/h11,14H,4-10H2,1-3H3. The minimum Gasteiger partial charge on any atom is -0.311 e. The molecule has 1 unspecified atom stereocenters. The number of nitrogens with one attached hydrogen (secondary N) is 1. The molecule has 1 N–H and O–H groups in total. The monoisotopic (exact) mass is 195 g/mol. The van der Waals surface area contributed by atoms with Crippen LogP contribution in [0.1, 0.15) is 59.3 Å². The van der Waals surface area contributed by atoms with Gasteiger partial charge < -0.3 is 5.32 Å². The minimum absolute atomic E-state index is 0.356. The lowest BCUT2D eigenvalue weighted by Crippen LogP contribution is -2.49. The molecule has 0 aromatic heterocycles. The molecule has 0 aromatic rings. The van der Waals surface area contributed by atoms with E-state index in [4.69, 9.17) is 0 Å². The molecular formula is C13H25N. The third-order valence-corrected chi connectivity index (χ3v) is 5.15. The molecule has 2 fully saturated rings. The number of rotatable bonds is 1. The van der Waals surface area contributed by atoms with Gasteiger partial charge in [-0.2, -0.15) is 0 Å². The zero-order valence-corrected chi connectivity index (χ0v) is 10.0. The van der Waals surface area contributed by atoms with E-state index in [9.17, 15) is 0 Å². The number of hydrogen-bond acceptors (Lipinski definition) is 1. The molecular weight excluding hydrogens is 170 g/mol. The van der Waals surface area contributed by atoms with E-state index in [-0.39, 0.29) is 0 Å². The summed E-state index contributed by atoms with van der Waals surface area (Å²) in [4.78, 5) is 0. The van der Waals surface area contributed by atoms with Crippen LogP contribution in [0.4, 0.5) is 0 Å². The van der Waals surface area contributed by atoms with Crippen molar-refractivity contribution >= 4 is 0 Å². The van der Waals surface area contributed by atoms with Gasteiger partial charge in [0.25, 0.3) is 0 Å². The van der Waals surface area contributed by atoms with Gasteiger partial charge in [0.05, 0.1) is 0 Å².